The lowest BCUT2D eigenvalue weighted by molar-refractivity contribution is -0.0324. The van der Waals surface area contributed by atoms with E-state index in [4.69, 9.17) is 11.6 Å². The molecule has 1 aromatic carbocycles. The summed E-state index contributed by atoms with van der Waals surface area (Å²) in [5.41, 5.74) is 1.78. The minimum Gasteiger partial charge on any atom is -0.394 e. The molecule has 3 N–H and O–H groups in total. The minimum absolute atomic E-state index is 0.0291. The van der Waals surface area contributed by atoms with Crippen molar-refractivity contribution in [2.24, 2.45) is 23.2 Å². The molecule has 0 radical (unpaired) electrons. The number of aryl methyl sites for hydroxylation is 1. The lowest BCUT2D eigenvalue weighted by atomic mass is 9.51. The fraction of sp³-hybridized carbons (Fsp3) is 0.731. The Morgan fingerprint density at radius 3 is 2.87 bits per heavy atom. The first-order valence-electron chi connectivity index (χ1n) is 12.2. The molecule has 0 heterocycles. The van der Waals surface area contributed by atoms with Gasteiger partial charge in [-0.2, -0.15) is 0 Å². The molecule has 3 fully saturated rings. The molecule has 31 heavy (non-hydrogen) atoms. The summed E-state index contributed by atoms with van der Waals surface area (Å²) in [5.74, 6) is 2.69. The molecule has 5 heteroatoms. The zero-order valence-corrected chi connectivity index (χ0v) is 19.9. The Morgan fingerprint density at radius 2 is 2.06 bits per heavy atom. The number of carbonyl (C=O) groups is 1. The van der Waals surface area contributed by atoms with Crippen LogP contribution in [0.1, 0.15) is 81.1 Å². The Balaban J connectivity index is 1.32. The van der Waals surface area contributed by atoms with Crippen molar-refractivity contribution < 1.29 is 9.90 Å². The maximum Gasteiger partial charge on any atom is 0.252 e. The van der Waals surface area contributed by atoms with E-state index >= 15 is 0 Å². The maximum absolute atomic E-state index is 13.0. The molecule has 3 aliphatic rings. The van der Waals surface area contributed by atoms with Crippen molar-refractivity contribution >= 4 is 17.5 Å². The normalized spacial score (nSPS) is 29.7. The maximum atomic E-state index is 13.0. The number of carbonyl (C=O) groups excluding carboxylic acids is 1. The minimum atomic E-state index is -0.263. The summed E-state index contributed by atoms with van der Waals surface area (Å²) in [6, 6.07) is 5.82. The van der Waals surface area contributed by atoms with Crippen molar-refractivity contribution in [1.82, 2.24) is 10.6 Å². The van der Waals surface area contributed by atoms with Gasteiger partial charge in [0, 0.05) is 12.1 Å². The summed E-state index contributed by atoms with van der Waals surface area (Å²) < 4.78 is 0. The summed E-state index contributed by atoms with van der Waals surface area (Å²) in [7, 11) is 0. The smallest absolute Gasteiger partial charge is 0.252 e. The highest BCUT2D eigenvalue weighted by atomic mass is 35.5. The van der Waals surface area contributed by atoms with E-state index in [1.54, 1.807) is 0 Å². The standard InChI is InChI=1S/C26H39ClN2O2/c1-25(2,17-30)29-11-3-4-18-6-8-23(27)22(13-18)24(31)28-16-26-10-9-20-7-5-19(14-26)12-21(20)15-26/h6,8,13,19-21,29-30H,3-5,7,9-12,14-17H2,1-2H3,(H,28,31). The number of benzene rings is 1. The van der Waals surface area contributed by atoms with Crippen molar-refractivity contribution in [3.8, 4) is 0 Å². The van der Waals surface area contributed by atoms with Gasteiger partial charge in [-0.05, 0) is 113 Å². The zero-order chi connectivity index (χ0) is 22.1. The molecular formula is C26H39ClN2O2. The quantitative estimate of drug-likeness (QED) is 0.469. The second kappa shape index (κ2) is 9.41. The molecule has 3 bridgehead atoms. The van der Waals surface area contributed by atoms with Gasteiger partial charge in [0.15, 0.2) is 0 Å². The molecule has 0 aliphatic heterocycles. The zero-order valence-electron chi connectivity index (χ0n) is 19.2. The molecule has 4 nitrogen and oxygen atoms in total. The molecule has 0 saturated heterocycles. The van der Waals surface area contributed by atoms with Gasteiger partial charge in [0.05, 0.1) is 17.2 Å². The highest BCUT2D eigenvalue weighted by Gasteiger charge is 2.48. The number of hydrogen-bond donors (Lipinski definition) is 3. The lowest BCUT2D eigenvalue weighted by Crippen LogP contribution is -2.49. The van der Waals surface area contributed by atoms with Crippen molar-refractivity contribution in [2.75, 3.05) is 19.7 Å². The molecule has 1 aromatic rings. The van der Waals surface area contributed by atoms with Gasteiger partial charge in [-0.25, -0.2) is 0 Å². The first-order valence-corrected chi connectivity index (χ1v) is 12.6. The number of fused-ring (bicyclic) bond motifs is 2. The van der Waals surface area contributed by atoms with Gasteiger partial charge in [-0.15, -0.1) is 0 Å². The first kappa shape index (κ1) is 23.1. The second-order valence-corrected chi connectivity index (χ2v) is 11.6. The van der Waals surface area contributed by atoms with E-state index in [9.17, 15) is 9.90 Å². The molecule has 4 atom stereocenters. The third-order valence-electron chi connectivity index (χ3n) is 8.25. The molecule has 3 aliphatic carbocycles. The molecule has 0 spiro atoms. The van der Waals surface area contributed by atoms with Crippen LogP contribution in [-0.4, -0.2) is 36.2 Å². The summed E-state index contributed by atoms with van der Waals surface area (Å²) in [5, 5.41) is 16.5. The van der Waals surface area contributed by atoms with E-state index in [1.807, 2.05) is 32.0 Å². The van der Waals surface area contributed by atoms with Gasteiger partial charge in [-0.3, -0.25) is 4.79 Å². The van der Waals surface area contributed by atoms with E-state index in [0.717, 1.165) is 49.2 Å². The Kier molecular flexibility index (Phi) is 7.00. The Morgan fingerprint density at radius 1 is 1.23 bits per heavy atom. The number of hydrogen-bond acceptors (Lipinski definition) is 3. The number of halogens is 1. The lowest BCUT2D eigenvalue weighted by Gasteiger charge is -2.55. The first-order chi connectivity index (χ1) is 14.8. The highest BCUT2D eigenvalue weighted by molar-refractivity contribution is 6.33. The molecule has 4 unspecified atom stereocenters. The molecule has 3 saturated carbocycles. The Bertz CT molecular complexity index is 792. The van der Waals surface area contributed by atoms with Crippen LogP contribution in [0.15, 0.2) is 18.2 Å². The number of aliphatic hydroxyl groups excluding tert-OH is 1. The topological polar surface area (TPSA) is 61.4 Å². The van der Waals surface area contributed by atoms with Crippen molar-refractivity contribution in [3.05, 3.63) is 34.3 Å². The van der Waals surface area contributed by atoms with Crippen LogP contribution < -0.4 is 10.6 Å². The van der Waals surface area contributed by atoms with Crippen molar-refractivity contribution in [3.63, 3.8) is 0 Å². The third kappa shape index (κ3) is 5.46. The number of amides is 1. The molecular weight excluding hydrogens is 408 g/mol. The van der Waals surface area contributed by atoms with Crippen LogP contribution >= 0.6 is 11.6 Å². The average molecular weight is 447 g/mol. The van der Waals surface area contributed by atoms with Crippen LogP contribution in [0.4, 0.5) is 0 Å². The van der Waals surface area contributed by atoms with E-state index in [1.165, 1.54) is 44.9 Å². The van der Waals surface area contributed by atoms with Crippen LogP contribution in [-0.2, 0) is 6.42 Å². The highest BCUT2D eigenvalue weighted by Crippen LogP contribution is 2.57. The average Bonchev–Trinajstić information content (AvgIpc) is 2.75. The fourth-order valence-electron chi connectivity index (χ4n) is 6.46. The van der Waals surface area contributed by atoms with E-state index in [2.05, 4.69) is 10.6 Å². The third-order valence-corrected chi connectivity index (χ3v) is 8.58. The van der Waals surface area contributed by atoms with Gasteiger partial charge in [-0.1, -0.05) is 24.1 Å². The summed E-state index contributed by atoms with van der Waals surface area (Å²) in [4.78, 5) is 13.0. The van der Waals surface area contributed by atoms with Gasteiger partial charge in [0.1, 0.15) is 0 Å². The molecule has 0 aromatic heterocycles. The van der Waals surface area contributed by atoms with E-state index < -0.39 is 0 Å². The van der Waals surface area contributed by atoms with Gasteiger partial charge in [0.2, 0.25) is 0 Å². The van der Waals surface area contributed by atoms with Crippen LogP contribution in [0.5, 0.6) is 0 Å². The molecule has 172 valence electrons. The summed E-state index contributed by atoms with van der Waals surface area (Å²) in [6.45, 7) is 5.71. The number of aliphatic hydroxyl groups is 1. The van der Waals surface area contributed by atoms with Gasteiger partial charge < -0.3 is 15.7 Å². The number of rotatable bonds is 9. The van der Waals surface area contributed by atoms with Crippen molar-refractivity contribution in [2.45, 2.75) is 77.2 Å². The van der Waals surface area contributed by atoms with Gasteiger partial charge >= 0.3 is 0 Å². The SMILES string of the molecule is CC(C)(CO)NCCCc1ccc(Cl)c(C(=O)NCC23CCC4CCC(CC4C2)C3)c1. The van der Waals surface area contributed by atoms with E-state index in [0.29, 0.717) is 16.0 Å². The Labute approximate surface area is 192 Å². The summed E-state index contributed by atoms with van der Waals surface area (Å²) in [6.07, 6.45) is 11.3. The number of nitrogens with one attached hydrogen (secondary N) is 2. The molecule has 4 rings (SSSR count). The largest absolute Gasteiger partial charge is 0.394 e. The predicted octanol–water partition coefficient (Wildman–Crippen LogP) is 4.97. The molecule has 1 amide bonds. The Hall–Kier alpha value is -1.10. The van der Waals surface area contributed by atoms with Crippen molar-refractivity contribution in [1.29, 1.82) is 0 Å². The van der Waals surface area contributed by atoms with Crippen LogP contribution in [0, 0.1) is 23.2 Å². The monoisotopic (exact) mass is 446 g/mol. The van der Waals surface area contributed by atoms with Crippen LogP contribution in [0.25, 0.3) is 0 Å². The predicted molar refractivity (Wildman–Crippen MR) is 126 cm³/mol. The van der Waals surface area contributed by atoms with E-state index in [-0.39, 0.29) is 18.1 Å². The summed E-state index contributed by atoms with van der Waals surface area (Å²) >= 11 is 6.41. The fourth-order valence-corrected chi connectivity index (χ4v) is 6.66. The second-order valence-electron chi connectivity index (χ2n) is 11.2. The van der Waals surface area contributed by atoms with Gasteiger partial charge in [0.25, 0.3) is 5.91 Å². The van der Waals surface area contributed by atoms with Crippen LogP contribution in [0.3, 0.4) is 0 Å². The van der Waals surface area contributed by atoms with Crippen LogP contribution in [0.2, 0.25) is 5.02 Å².